The molecule has 0 spiro atoms. The van der Waals surface area contributed by atoms with E-state index < -0.39 is 30.3 Å². The van der Waals surface area contributed by atoms with E-state index in [4.69, 9.17) is 9.47 Å². The molecule has 0 saturated carbocycles. The Bertz CT molecular complexity index is 201. The fourth-order valence-corrected chi connectivity index (χ4v) is 0.904. The Morgan fingerprint density at radius 1 is 0.812 bits per heavy atom. The molecule has 16 heavy (non-hydrogen) atoms. The molecule has 0 atom stereocenters. The lowest BCUT2D eigenvalue weighted by atomic mass is 10.2. The number of hydrogen-bond donors (Lipinski definition) is 0. The van der Waals surface area contributed by atoms with E-state index in [0.717, 1.165) is 0 Å². The second-order valence-electron chi connectivity index (χ2n) is 4.21. The Morgan fingerprint density at radius 3 is 1.31 bits per heavy atom. The van der Waals surface area contributed by atoms with Crippen molar-refractivity contribution in [2.75, 3.05) is 0 Å². The number of rotatable bonds is 6. The molecule has 0 aliphatic heterocycles. The highest BCUT2D eigenvalue weighted by molar-refractivity contribution is 4.85. The molecule has 98 valence electrons. The van der Waals surface area contributed by atoms with Crippen molar-refractivity contribution in [3.8, 4) is 0 Å². The van der Waals surface area contributed by atoms with Gasteiger partial charge in [0.05, 0.1) is 12.2 Å². The average molecular weight is 246 g/mol. The van der Waals surface area contributed by atoms with Crippen molar-refractivity contribution < 1.29 is 27.0 Å². The van der Waals surface area contributed by atoms with Crippen LogP contribution in [0, 0.1) is 0 Å². The molecule has 0 heterocycles. The van der Waals surface area contributed by atoms with E-state index in [9.17, 15) is 17.6 Å². The fourth-order valence-electron chi connectivity index (χ4n) is 0.904. The SMILES string of the molecule is CC(C)OC(OC(C)C)C(F)(F)C(C)(F)F. The molecule has 0 aliphatic carbocycles. The standard InChI is InChI=1S/C10H18F4O2/c1-6(2)15-8(16-7(3)4)10(13,14)9(5,11)12/h6-8H,1-5H3. The number of halogens is 4. The molecule has 0 amide bonds. The van der Waals surface area contributed by atoms with Gasteiger partial charge in [0, 0.05) is 6.92 Å². The molecule has 0 saturated heterocycles. The number of alkyl halides is 4. The predicted molar refractivity (Wildman–Crippen MR) is 51.8 cm³/mol. The lowest BCUT2D eigenvalue weighted by Crippen LogP contribution is -2.51. The topological polar surface area (TPSA) is 18.5 Å². The molecular weight excluding hydrogens is 228 g/mol. The highest BCUT2D eigenvalue weighted by atomic mass is 19.3. The Balaban J connectivity index is 4.86. The molecule has 0 N–H and O–H groups in total. The smallest absolute Gasteiger partial charge is 0.344 e. The van der Waals surface area contributed by atoms with Crippen molar-refractivity contribution >= 4 is 0 Å². The summed E-state index contributed by atoms with van der Waals surface area (Å²) in [6.45, 7) is 6.04. The van der Waals surface area contributed by atoms with Crippen molar-refractivity contribution in [2.24, 2.45) is 0 Å². The van der Waals surface area contributed by atoms with E-state index in [1.807, 2.05) is 0 Å². The van der Waals surface area contributed by atoms with Crippen LogP contribution in [0.25, 0.3) is 0 Å². The van der Waals surface area contributed by atoms with Gasteiger partial charge < -0.3 is 9.47 Å². The summed E-state index contributed by atoms with van der Waals surface area (Å²) in [6, 6.07) is 0. The van der Waals surface area contributed by atoms with Crippen molar-refractivity contribution in [2.45, 2.75) is 65.0 Å². The predicted octanol–water partition coefficient (Wildman–Crippen LogP) is 3.45. The maximum absolute atomic E-state index is 13.3. The van der Waals surface area contributed by atoms with E-state index in [1.165, 1.54) is 27.7 Å². The van der Waals surface area contributed by atoms with Crippen LogP contribution in [-0.2, 0) is 9.47 Å². The zero-order valence-electron chi connectivity index (χ0n) is 10.1. The molecule has 0 aromatic heterocycles. The third-order valence-electron chi connectivity index (χ3n) is 1.67. The van der Waals surface area contributed by atoms with Crippen LogP contribution in [0.1, 0.15) is 34.6 Å². The summed E-state index contributed by atoms with van der Waals surface area (Å²) in [6.07, 6.45) is -3.50. The largest absolute Gasteiger partial charge is 0.359 e. The molecule has 0 bridgehead atoms. The van der Waals surface area contributed by atoms with E-state index in [-0.39, 0.29) is 6.92 Å². The molecular formula is C10H18F4O2. The summed E-state index contributed by atoms with van der Waals surface area (Å²) in [7, 11) is 0. The molecule has 0 aromatic carbocycles. The van der Waals surface area contributed by atoms with Gasteiger partial charge >= 0.3 is 11.8 Å². The van der Waals surface area contributed by atoms with Crippen LogP contribution in [0.2, 0.25) is 0 Å². The van der Waals surface area contributed by atoms with Crippen molar-refractivity contribution in [3.05, 3.63) is 0 Å². The maximum Gasteiger partial charge on any atom is 0.359 e. The van der Waals surface area contributed by atoms with Crippen LogP contribution in [0.5, 0.6) is 0 Å². The van der Waals surface area contributed by atoms with Crippen LogP contribution < -0.4 is 0 Å². The molecule has 0 rings (SSSR count). The van der Waals surface area contributed by atoms with Crippen LogP contribution in [0.15, 0.2) is 0 Å². The van der Waals surface area contributed by atoms with Crippen LogP contribution in [-0.4, -0.2) is 30.3 Å². The summed E-state index contributed by atoms with van der Waals surface area (Å²) in [4.78, 5) is 0. The van der Waals surface area contributed by atoms with Gasteiger partial charge in [-0.05, 0) is 27.7 Å². The first-order chi connectivity index (χ1) is 6.98. The molecule has 0 aromatic rings. The normalized spacial score (nSPS) is 14.2. The summed E-state index contributed by atoms with van der Waals surface area (Å²) in [5.74, 6) is -8.55. The summed E-state index contributed by atoms with van der Waals surface area (Å²) in [5.41, 5.74) is 0. The Labute approximate surface area is 92.9 Å². The molecule has 2 nitrogen and oxygen atoms in total. The van der Waals surface area contributed by atoms with Crippen molar-refractivity contribution in [3.63, 3.8) is 0 Å². The minimum Gasteiger partial charge on any atom is -0.344 e. The van der Waals surface area contributed by atoms with Gasteiger partial charge in [0.15, 0.2) is 0 Å². The monoisotopic (exact) mass is 246 g/mol. The molecule has 0 radical (unpaired) electrons. The highest BCUT2D eigenvalue weighted by Crippen LogP contribution is 2.39. The first-order valence-corrected chi connectivity index (χ1v) is 5.05. The Hall–Kier alpha value is -0.360. The van der Waals surface area contributed by atoms with E-state index >= 15 is 0 Å². The first-order valence-electron chi connectivity index (χ1n) is 5.05. The van der Waals surface area contributed by atoms with Crippen molar-refractivity contribution in [1.82, 2.24) is 0 Å². The van der Waals surface area contributed by atoms with E-state index in [2.05, 4.69) is 0 Å². The number of hydrogen-bond acceptors (Lipinski definition) is 2. The van der Waals surface area contributed by atoms with Crippen LogP contribution in [0.3, 0.4) is 0 Å². The van der Waals surface area contributed by atoms with Gasteiger partial charge in [-0.25, -0.2) is 8.78 Å². The zero-order valence-corrected chi connectivity index (χ0v) is 10.1. The third-order valence-corrected chi connectivity index (χ3v) is 1.67. The summed E-state index contributed by atoms with van der Waals surface area (Å²) >= 11 is 0. The van der Waals surface area contributed by atoms with E-state index in [1.54, 1.807) is 0 Å². The maximum atomic E-state index is 13.3. The quantitative estimate of drug-likeness (QED) is 0.528. The lowest BCUT2D eigenvalue weighted by molar-refractivity contribution is -0.337. The number of ether oxygens (including phenoxy) is 2. The van der Waals surface area contributed by atoms with Crippen LogP contribution >= 0.6 is 0 Å². The molecule has 0 unspecified atom stereocenters. The minimum atomic E-state index is -4.36. The summed E-state index contributed by atoms with van der Waals surface area (Å²) in [5, 5.41) is 0. The molecule has 6 heteroatoms. The lowest BCUT2D eigenvalue weighted by Gasteiger charge is -2.33. The van der Waals surface area contributed by atoms with Gasteiger partial charge in [0.1, 0.15) is 0 Å². The van der Waals surface area contributed by atoms with Gasteiger partial charge in [-0.3, -0.25) is 0 Å². The molecule has 0 fully saturated rings. The minimum absolute atomic E-state index is 0.146. The Kier molecular flexibility index (Phi) is 5.19. The second kappa shape index (κ2) is 5.31. The van der Waals surface area contributed by atoms with Gasteiger partial charge in [-0.2, -0.15) is 8.78 Å². The van der Waals surface area contributed by atoms with Gasteiger partial charge in [-0.1, -0.05) is 0 Å². The van der Waals surface area contributed by atoms with Gasteiger partial charge in [0.25, 0.3) is 0 Å². The van der Waals surface area contributed by atoms with Gasteiger partial charge in [-0.15, -0.1) is 0 Å². The van der Waals surface area contributed by atoms with Gasteiger partial charge in [0.2, 0.25) is 6.29 Å². The van der Waals surface area contributed by atoms with Crippen LogP contribution in [0.4, 0.5) is 17.6 Å². The molecule has 0 aliphatic rings. The van der Waals surface area contributed by atoms with E-state index in [0.29, 0.717) is 0 Å². The highest BCUT2D eigenvalue weighted by Gasteiger charge is 2.60. The first kappa shape index (κ1) is 15.6. The zero-order chi connectivity index (χ0) is 13.1. The average Bonchev–Trinajstić information content (AvgIpc) is 1.98. The Morgan fingerprint density at radius 2 is 1.12 bits per heavy atom. The third kappa shape index (κ3) is 4.25. The van der Waals surface area contributed by atoms with Crippen molar-refractivity contribution in [1.29, 1.82) is 0 Å². The second-order valence-corrected chi connectivity index (χ2v) is 4.21. The summed E-state index contributed by atoms with van der Waals surface area (Å²) < 4.78 is 61.5. The fraction of sp³-hybridized carbons (Fsp3) is 1.00.